The highest BCUT2D eigenvalue weighted by molar-refractivity contribution is 7.47. The van der Waals surface area contributed by atoms with Gasteiger partial charge in [0.1, 0.15) is 24.2 Å². The summed E-state index contributed by atoms with van der Waals surface area (Å²) in [7, 11) is -9.96. The molecule has 0 aliphatic carbocycles. The Morgan fingerprint density at radius 1 is 1.05 bits per heavy atom. The van der Waals surface area contributed by atoms with Crippen LogP contribution in [-0.2, 0) is 27.4 Å². The number of imidazole rings is 1. The predicted molar refractivity (Wildman–Crippen MR) is 149 cm³/mol. The van der Waals surface area contributed by atoms with Gasteiger partial charge in [0, 0.05) is 29.5 Å². The third-order valence-electron chi connectivity index (χ3n) is 7.18. The number of benzene rings is 2. The number of nitrogen functional groups attached to an aromatic ring is 1. The molecule has 0 bridgehead atoms. The van der Waals surface area contributed by atoms with Crippen LogP contribution in [0.2, 0.25) is 0 Å². The number of nitrogens with two attached hydrogens (primary N) is 1. The first kappa shape index (κ1) is 30.4. The van der Waals surface area contributed by atoms with Crippen LogP contribution in [0.4, 0.5) is 5.82 Å². The highest BCUT2D eigenvalue weighted by atomic mass is 31.2. The lowest BCUT2D eigenvalue weighted by molar-refractivity contribution is -0.225. The zero-order chi connectivity index (χ0) is 31.2. The number of carbonyl (C=O) groups is 2. The number of ether oxygens (including phenoxy) is 1. The molecule has 1 saturated heterocycles. The van der Waals surface area contributed by atoms with Crippen LogP contribution < -0.4 is 10.6 Å². The highest BCUT2D eigenvalue weighted by Gasteiger charge is 2.41. The van der Waals surface area contributed by atoms with Gasteiger partial charge in [-0.05, 0) is 23.9 Å². The first-order valence-corrected chi connectivity index (χ1v) is 16.2. The van der Waals surface area contributed by atoms with E-state index in [4.69, 9.17) is 24.0 Å². The van der Waals surface area contributed by atoms with Gasteiger partial charge in [-0.25, -0.2) is 19.5 Å². The van der Waals surface area contributed by atoms with Crippen LogP contribution in [0.1, 0.15) is 39.8 Å². The molecule has 6 rings (SSSR count). The summed E-state index contributed by atoms with van der Waals surface area (Å²) < 4.78 is 46.2. The average Bonchev–Trinajstić information content (AvgIpc) is 3.58. The molecule has 4 aromatic rings. The van der Waals surface area contributed by atoms with E-state index in [1.165, 1.54) is 17.2 Å². The van der Waals surface area contributed by atoms with Crippen LogP contribution >= 0.6 is 15.6 Å². The smallest absolute Gasteiger partial charge is 0.472 e. The average molecular weight is 647 g/mol. The van der Waals surface area contributed by atoms with E-state index in [1.807, 2.05) is 12.1 Å². The maximum Gasteiger partial charge on any atom is 0.472 e. The number of imide groups is 1. The topological polar surface area (TPSA) is 242 Å². The number of aromatic nitrogens is 4. The maximum absolute atomic E-state index is 13.0. The summed E-state index contributed by atoms with van der Waals surface area (Å²) in [4.78, 5) is 70.2. The fourth-order valence-electron chi connectivity index (χ4n) is 5.28. The van der Waals surface area contributed by atoms with Crippen LogP contribution in [0.15, 0.2) is 49.1 Å². The summed E-state index contributed by atoms with van der Waals surface area (Å²) in [5.74, 6) is -0.865. The lowest BCUT2D eigenvalue weighted by atomic mass is 9.94. The van der Waals surface area contributed by atoms with Gasteiger partial charge >= 0.3 is 7.82 Å². The fraction of sp³-hybridized carbons (Fsp3) is 0.320. The van der Waals surface area contributed by atoms with Gasteiger partial charge in [-0.1, -0.05) is 24.3 Å². The molecule has 0 radical (unpaired) electrons. The van der Waals surface area contributed by atoms with Crippen LogP contribution in [0.5, 0.6) is 0 Å². The quantitative estimate of drug-likeness (QED) is 0.119. The number of amides is 2. The number of rotatable bonds is 11. The molecule has 232 valence electrons. The zero-order valence-corrected chi connectivity index (χ0v) is 24.5. The summed E-state index contributed by atoms with van der Waals surface area (Å²) in [6, 6.07) is 10.3. The van der Waals surface area contributed by atoms with Crippen LogP contribution in [-0.4, -0.2) is 78.0 Å². The largest absolute Gasteiger partial charge is 0.756 e. The van der Waals surface area contributed by atoms with Crippen molar-refractivity contribution in [1.82, 2.24) is 24.4 Å². The molecule has 19 heteroatoms. The molecule has 5 atom stereocenters. The van der Waals surface area contributed by atoms with Gasteiger partial charge in [-0.2, -0.15) is 0 Å². The Labute approximate surface area is 248 Å². The molecule has 2 aliphatic rings. The summed E-state index contributed by atoms with van der Waals surface area (Å²) in [5.41, 5.74) is 7.12. The summed E-state index contributed by atoms with van der Waals surface area (Å²) in [5, 5.41) is 1.35. The summed E-state index contributed by atoms with van der Waals surface area (Å²) in [6.45, 7) is -1.12. The minimum absolute atomic E-state index is 0.0137. The molecular weight excluding hydrogens is 622 g/mol. The molecule has 2 amide bonds. The molecule has 4 N–H and O–H groups in total. The summed E-state index contributed by atoms with van der Waals surface area (Å²) in [6.07, 6.45) is -1.06. The molecular formula is C25H25N6O11P2-. The second kappa shape index (κ2) is 11.7. The Bertz CT molecular complexity index is 1810. The molecule has 2 aromatic heterocycles. The van der Waals surface area contributed by atoms with Gasteiger partial charge < -0.3 is 29.7 Å². The Morgan fingerprint density at radius 2 is 1.75 bits per heavy atom. The number of hydrogen-bond donors (Lipinski definition) is 3. The molecule has 4 heterocycles. The van der Waals surface area contributed by atoms with Gasteiger partial charge in [0.25, 0.3) is 19.6 Å². The van der Waals surface area contributed by atoms with E-state index in [0.717, 1.165) is 10.3 Å². The van der Waals surface area contributed by atoms with Crippen molar-refractivity contribution in [3.63, 3.8) is 0 Å². The minimum atomic E-state index is -5.23. The van der Waals surface area contributed by atoms with Gasteiger partial charge in [0.05, 0.1) is 25.6 Å². The first-order valence-electron chi connectivity index (χ1n) is 13.2. The predicted octanol–water partition coefficient (Wildman–Crippen LogP) is 1.51. The molecule has 2 aromatic carbocycles. The second-order valence-corrected chi connectivity index (χ2v) is 12.6. The molecule has 44 heavy (non-hydrogen) atoms. The first-order chi connectivity index (χ1) is 20.9. The minimum Gasteiger partial charge on any atom is -0.756 e. The Morgan fingerprint density at radius 3 is 2.43 bits per heavy atom. The lowest BCUT2D eigenvalue weighted by Gasteiger charge is -2.27. The number of phosphoric acid groups is 2. The third kappa shape index (κ3) is 6.02. The SMILES string of the molecule is Nc1ncnc2c1ncn2[C@H]1C[C@H](OP(=O)([O-])O)[C@@H](COP(=O)(O)OCCCN2C(=O)c3cccc4cccc(c34)C2=O)O1. The van der Waals surface area contributed by atoms with E-state index < -0.39 is 52.5 Å². The van der Waals surface area contributed by atoms with Gasteiger partial charge in [-0.3, -0.25) is 32.7 Å². The fourth-order valence-corrected chi connectivity index (χ4v) is 6.61. The molecule has 0 saturated carbocycles. The normalized spacial score (nSPS) is 22.9. The van der Waals surface area contributed by atoms with Crippen molar-refractivity contribution in [3.05, 3.63) is 60.2 Å². The van der Waals surface area contributed by atoms with E-state index in [1.54, 1.807) is 24.3 Å². The van der Waals surface area contributed by atoms with E-state index >= 15 is 0 Å². The number of nitrogens with zero attached hydrogens (tertiary/aromatic N) is 5. The number of fused-ring (bicyclic) bond motifs is 1. The van der Waals surface area contributed by atoms with Crippen molar-refractivity contribution < 1.29 is 51.7 Å². The number of anilines is 1. The molecule has 2 unspecified atom stereocenters. The van der Waals surface area contributed by atoms with Crippen LogP contribution in [0, 0.1) is 0 Å². The van der Waals surface area contributed by atoms with Crippen LogP contribution in [0.25, 0.3) is 21.9 Å². The molecule has 2 aliphatic heterocycles. The summed E-state index contributed by atoms with van der Waals surface area (Å²) >= 11 is 0. The van der Waals surface area contributed by atoms with Crippen molar-refractivity contribution in [2.75, 3.05) is 25.5 Å². The van der Waals surface area contributed by atoms with E-state index in [2.05, 4.69) is 15.0 Å². The van der Waals surface area contributed by atoms with E-state index in [0.29, 0.717) is 16.5 Å². The Kier molecular flexibility index (Phi) is 8.09. The molecule has 1 fully saturated rings. The second-order valence-electron chi connectivity index (χ2n) is 9.98. The van der Waals surface area contributed by atoms with Crippen molar-refractivity contribution in [2.45, 2.75) is 31.3 Å². The van der Waals surface area contributed by atoms with Crippen molar-refractivity contribution in [2.24, 2.45) is 0 Å². The lowest BCUT2D eigenvalue weighted by Crippen LogP contribution is -2.41. The number of hydrogen-bond acceptors (Lipinski definition) is 13. The number of carbonyl (C=O) groups excluding carboxylic acids is 2. The van der Waals surface area contributed by atoms with Crippen molar-refractivity contribution in [1.29, 1.82) is 0 Å². The number of phosphoric ester groups is 2. The maximum atomic E-state index is 13.0. The van der Waals surface area contributed by atoms with Crippen molar-refractivity contribution in [3.8, 4) is 0 Å². The van der Waals surface area contributed by atoms with Gasteiger partial charge in [0.15, 0.2) is 11.5 Å². The third-order valence-corrected chi connectivity index (χ3v) is 8.71. The Hall–Kier alpha value is -3.63. The van der Waals surface area contributed by atoms with E-state index in [-0.39, 0.29) is 43.0 Å². The van der Waals surface area contributed by atoms with Gasteiger partial charge in [0.2, 0.25) is 0 Å². The molecule has 17 nitrogen and oxygen atoms in total. The Balaban J connectivity index is 1.06. The van der Waals surface area contributed by atoms with Gasteiger partial charge in [-0.15, -0.1) is 0 Å². The molecule has 0 spiro atoms. The monoisotopic (exact) mass is 647 g/mol. The van der Waals surface area contributed by atoms with Crippen LogP contribution in [0.3, 0.4) is 0 Å². The standard InChI is InChI=1S/C25H26N6O11P2/c26-22-21-23(28-12-27-22)31(13-29-21)19-10-17(42-43(34,35)36)18(41-19)11-40-44(37,38)39-9-3-8-30-24(32)15-6-1-4-14-5-2-7-16(20(14)15)25(30)33/h1-2,4-7,12-13,17-19H,3,8-11H2,(H,37,38)(H2,26,27,28)(H2,34,35,36)/p-1/t17-,18+,19+/m0/s1. The van der Waals surface area contributed by atoms with Crippen molar-refractivity contribution >= 4 is 55.2 Å². The van der Waals surface area contributed by atoms with E-state index in [9.17, 15) is 33.4 Å². The zero-order valence-electron chi connectivity index (χ0n) is 22.7. The highest BCUT2D eigenvalue weighted by Crippen LogP contribution is 2.46.